The molecule has 0 spiro atoms. The van der Waals surface area contributed by atoms with Crippen molar-refractivity contribution in [1.82, 2.24) is 4.90 Å². The Labute approximate surface area is 119 Å². The van der Waals surface area contributed by atoms with E-state index >= 15 is 0 Å². The van der Waals surface area contributed by atoms with Crippen LogP contribution in [-0.2, 0) is 4.79 Å². The summed E-state index contributed by atoms with van der Waals surface area (Å²) in [6.07, 6.45) is 0.671. The van der Waals surface area contributed by atoms with E-state index in [2.05, 4.69) is 0 Å². The summed E-state index contributed by atoms with van der Waals surface area (Å²) >= 11 is 0. The molecule has 0 saturated carbocycles. The lowest BCUT2D eigenvalue weighted by Crippen LogP contribution is -2.41. The molecule has 5 nitrogen and oxygen atoms in total. The molecule has 1 aliphatic heterocycles. The number of nitriles is 1. The van der Waals surface area contributed by atoms with Crippen molar-refractivity contribution in [3.63, 3.8) is 0 Å². The molecular formula is C15H19N3O2. The van der Waals surface area contributed by atoms with Crippen LogP contribution in [0.25, 0.3) is 0 Å². The minimum Gasteiger partial charge on any atom is -0.389 e. The number of benzene rings is 1. The van der Waals surface area contributed by atoms with Gasteiger partial charge in [-0.15, -0.1) is 0 Å². The highest BCUT2D eigenvalue weighted by molar-refractivity contribution is 5.95. The van der Waals surface area contributed by atoms with Gasteiger partial charge in [0.2, 0.25) is 5.91 Å². The molecule has 106 valence electrons. The van der Waals surface area contributed by atoms with Crippen LogP contribution in [0.3, 0.4) is 0 Å². The van der Waals surface area contributed by atoms with Gasteiger partial charge < -0.3 is 5.11 Å². The minimum absolute atomic E-state index is 0.0348. The van der Waals surface area contributed by atoms with Crippen molar-refractivity contribution in [2.24, 2.45) is 0 Å². The summed E-state index contributed by atoms with van der Waals surface area (Å²) in [7, 11) is 0. The molecule has 1 aliphatic rings. The molecule has 0 radical (unpaired) electrons. The Morgan fingerprint density at radius 3 is 2.75 bits per heavy atom. The number of carbonyl (C=O) groups is 1. The topological polar surface area (TPSA) is 67.6 Å². The first-order valence-electron chi connectivity index (χ1n) is 6.69. The number of β-amino-alcohol motifs (C(OH)–C–C–N with tert-alkyl or cyclic N) is 1. The van der Waals surface area contributed by atoms with E-state index in [-0.39, 0.29) is 19.0 Å². The van der Waals surface area contributed by atoms with E-state index in [1.807, 2.05) is 41.3 Å². The fraction of sp³-hybridized carbons (Fsp3) is 0.467. The fourth-order valence-corrected chi connectivity index (χ4v) is 2.45. The Bertz CT molecular complexity index is 508. The van der Waals surface area contributed by atoms with Gasteiger partial charge in [0.25, 0.3) is 0 Å². The Morgan fingerprint density at radius 2 is 2.20 bits per heavy atom. The summed E-state index contributed by atoms with van der Waals surface area (Å²) in [4.78, 5) is 15.8. The van der Waals surface area contributed by atoms with Crippen LogP contribution in [0.5, 0.6) is 0 Å². The smallest absolute Gasteiger partial charge is 0.242 e. The molecule has 1 aromatic rings. The Balaban J connectivity index is 2.04. The molecule has 1 N–H and O–H groups in total. The predicted molar refractivity (Wildman–Crippen MR) is 76.1 cm³/mol. The van der Waals surface area contributed by atoms with Crippen molar-refractivity contribution in [1.29, 1.82) is 5.26 Å². The maximum absolute atomic E-state index is 12.4. The van der Waals surface area contributed by atoms with Gasteiger partial charge in [0.05, 0.1) is 18.2 Å². The molecule has 20 heavy (non-hydrogen) atoms. The summed E-state index contributed by atoms with van der Waals surface area (Å²) in [5, 5.41) is 18.8. The highest BCUT2D eigenvalue weighted by Crippen LogP contribution is 2.20. The Morgan fingerprint density at radius 1 is 1.50 bits per heavy atom. The van der Waals surface area contributed by atoms with Crippen molar-refractivity contribution < 1.29 is 9.90 Å². The minimum atomic E-state index is -0.715. The predicted octanol–water partition coefficient (Wildman–Crippen LogP) is 1.000. The van der Waals surface area contributed by atoms with Gasteiger partial charge in [-0.2, -0.15) is 5.26 Å². The fourth-order valence-electron chi connectivity index (χ4n) is 2.45. The summed E-state index contributed by atoms with van der Waals surface area (Å²) in [6.45, 7) is 3.24. The quantitative estimate of drug-likeness (QED) is 0.831. The highest BCUT2D eigenvalue weighted by Gasteiger charge is 2.32. The van der Waals surface area contributed by atoms with Gasteiger partial charge in [0, 0.05) is 18.8 Å². The van der Waals surface area contributed by atoms with E-state index in [4.69, 9.17) is 5.26 Å². The van der Waals surface area contributed by atoms with Crippen LogP contribution < -0.4 is 4.90 Å². The number of aliphatic hydroxyl groups is 1. The van der Waals surface area contributed by atoms with Crippen LogP contribution in [-0.4, -0.2) is 47.7 Å². The first kappa shape index (κ1) is 14.5. The second-order valence-corrected chi connectivity index (χ2v) is 5.43. The molecule has 1 fully saturated rings. The van der Waals surface area contributed by atoms with Crippen molar-refractivity contribution in [2.45, 2.75) is 18.9 Å². The largest absolute Gasteiger partial charge is 0.389 e. The summed E-state index contributed by atoms with van der Waals surface area (Å²) in [5.74, 6) is -0.115. The molecule has 2 rings (SSSR count). The molecule has 0 aliphatic carbocycles. The van der Waals surface area contributed by atoms with Crippen LogP contribution in [0.1, 0.15) is 13.3 Å². The van der Waals surface area contributed by atoms with Crippen LogP contribution in [0.15, 0.2) is 30.3 Å². The van der Waals surface area contributed by atoms with Crippen molar-refractivity contribution >= 4 is 11.6 Å². The molecule has 1 heterocycles. The molecule has 0 aromatic heterocycles. The number of para-hydroxylation sites is 1. The van der Waals surface area contributed by atoms with Gasteiger partial charge in [0.1, 0.15) is 6.54 Å². The van der Waals surface area contributed by atoms with Gasteiger partial charge in [-0.25, -0.2) is 0 Å². The Kier molecular flexibility index (Phi) is 4.38. The van der Waals surface area contributed by atoms with Crippen LogP contribution in [0.4, 0.5) is 5.69 Å². The van der Waals surface area contributed by atoms with Crippen LogP contribution in [0, 0.1) is 11.3 Å². The van der Waals surface area contributed by atoms with Gasteiger partial charge >= 0.3 is 0 Å². The van der Waals surface area contributed by atoms with Gasteiger partial charge in [0.15, 0.2) is 0 Å². The van der Waals surface area contributed by atoms with Crippen molar-refractivity contribution in [3.05, 3.63) is 30.3 Å². The van der Waals surface area contributed by atoms with Crippen LogP contribution >= 0.6 is 0 Å². The zero-order valence-electron chi connectivity index (χ0n) is 11.6. The summed E-state index contributed by atoms with van der Waals surface area (Å²) in [5.41, 5.74) is 0.0117. The van der Waals surface area contributed by atoms with Gasteiger partial charge in [-0.3, -0.25) is 14.6 Å². The average Bonchev–Trinajstić information content (AvgIpc) is 2.76. The first-order chi connectivity index (χ1) is 9.52. The van der Waals surface area contributed by atoms with E-state index < -0.39 is 5.60 Å². The van der Waals surface area contributed by atoms with Gasteiger partial charge in [-0.05, 0) is 25.5 Å². The number of likely N-dealkylation sites (tertiary alicyclic amines) is 1. The second kappa shape index (κ2) is 6.04. The zero-order valence-corrected chi connectivity index (χ0v) is 11.6. The normalized spacial score (nSPS) is 22.4. The van der Waals surface area contributed by atoms with E-state index in [1.54, 1.807) is 6.92 Å². The zero-order chi connectivity index (χ0) is 14.6. The van der Waals surface area contributed by atoms with E-state index in [0.29, 0.717) is 19.5 Å². The molecule has 1 saturated heterocycles. The molecule has 0 bridgehead atoms. The maximum Gasteiger partial charge on any atom is 0.242 e. The SMILES string of the molecule is CC1(O)CCN(CC(=O)N(CC#N)c2ccccc2)C1. The van der Waals surface area contributed by atoms with Crippen LogP contribution in [0.2, 0.25) is 0 Å². The number of hydrogen-bond acceptors (Lipinski definition) is 4. The number of anilines is 1. The van der Waals surface area contributed by atoms with E-state index in [1.165, 1.54) is 4.90 Å². The summed E-state index contributed by atoms with van der Waals surface area (Å²) in [6, 6.07) is 11.2. The molecule has 1 unspecified atom stereocenters. The maximum atomic E-state index is 12.4. The lowest BCUT2D eigenvalue weighted by atomic mass is 10.1. The van der Waals surface area contributed by atoms with E-state index in [0.717, 1.165) is 5.69 Å². The first-order valence-corrected chi connectivity index (χ1v) is 6.69. The third kappa shape index (κ3) is 3.56. The monoisotopic (exact) mass is 273 g/mol. The number of hydrogen-bond donors (Lipinski definition) is 1. The lowest BCUT2D eigenvalue weighted by Gasteiger charge is -2.24. The molecule has 1 atom stereocenters. The number of carbonyl (C=O) groups excluding carboxylic acids is 1. The Hall–Kier alpha value is -1.90. The third-order valence-electron chi connectivity index (χ3n) is 3.49. The van der Waals surface area contributed by atoms with Gasteiger partial charge in [-0.1, -0.05) is 18.2 Å². The third-order valence-corrected chi connectivity index (χ3v) is 3.49. The number of rotatable bonds is 4. The number of nitrogens with zero attached hydrogens (tertiary/aromatic N) is 3. The second-order valence-electron chi connectivity index (χ2n) is 5.43. The lowest BCUT2D eigenvalue weighted by molar-refractivity contribution is -0.119. The molecule has 5 heteroatoms. The van der Waals surface area contributed by atoms with Crippen molar-refractivity contribution in [2.75, 3.05) is 31.1 Å². The molecular weight excluding hydrogens is 254 g/mol. The highest BCUT2D eigenvalue weighted by atomic mass is 16.3. The molecule has 1 aromatic carbocycles. The number of amides is 1. The summed E-state index contributed by atoms with van der Waals surface area (Å²) < 4.78 is 0. The molecule has 1 amide bonds. The average molecular weight is 273 g/mol. The van der Waals surface area contributed by atoms with E-state index in [9.17, 15) is 9.90 Å². The standard InChI is InChI=1S/C15H19N3O2/c1-15(20)7-9-17(12-15)11-14(19)18(10-8-16)13-5-3-2-4-6-13/h2-6,20H,7,9-12H2,1H3. The van der Waals surface area contributed by atoms with Crippen molar-refractivity contribution in [3.8, 4) is 6.07 Å².